The van der Waals surface area contributed by atoms with E-state index in [0.717, 1.165) is 31.1 Å². The molecule has 27 heavy (non-hydrogen) atoms. The van der Waals surface area contributed by atoms with Crippen molar-refractivity contribution in [3.8, 4) is 0 Å². The summed E-state index contributed by atoms with van der Waals surface area (Å²) < 4.78 is 28.6. The molecule has 0 spiro atoms. The van der Waals surface area contributed by atoms with Crippen LogP contribution in [0.2, 0.25) is 0 Å². The number of amides is 1. The SMILES string of the molecule is O=C(NCc1ccc(F)cc1F)C1CCCN(c2nnc3ccccn23)C1. The summed E-state index contributed by atoms with van der Waals surface area (Å²) in [4.78, 5) is 14.6. The van der Waals surface area contributed by atoms with Gasteiger partial charge in [-0.1, -0.05) is 12.1 Å². The molecule has 2 aromatic heterocycles. The molecule has 0 saturated carbocycles. The number of carbonyl (C=O) groups is 1. The molecule has 140 valence electrons. The monoisotopic (exact) mass is 371 g/mol. The van der Waals surface area contributed by atoms with Crippen LogP contribution in [0.1, 0.15) is 18.4 Å². The second-order valence-electron chi connectivity index (χ2n) is 6.67. The van der Waals surface area contributed by atoms with Crippen molar-refractivity contribution in [2.45, 2.75) is 19.4 Å². The highest BCUT2D eigenvalue weighted by Crippen LogP contribution is 2.22. The smallest absolute Gasteiger partial charge is 0.231 e. The number of aromatic nitrogens is 3. The normalized spacial score (nSPS) is 17.3. The second kappa shape index (κ2) is 7.30. The lowest BCUT2D eigenvalue weighted by Gasteiger charge is -2.32. The number of benzene rings is 1. The first-order valence-electron chi connectivity index (χ1n) is 8.88. The van der Waals surface area contributed by atoms with Gasteiger partial charge >= 0.3 is 0 Å². The van der Waals surface area contributed by atoms with E-state index in [9.17, 15) is 13.6 Å². The molecule has 1 saturated heterocycles. The van der Waals surface area contributed by atoms with E-state index in [4.69, 9.17) is 0 Å². The Bertz CT molecular complexity index is 974. The van der Waals surface area contributed by atoms with Gasteiger partial charge in [-0.3, -0.25) is 9.20 Å². The number of fused-ring (bicyclic) bond motifs is 1. The lowest BCUT2D eigenvalue weighted by Crippen LogP contribution is -2.43. The molecule has 0 aliphatic carbocycles. The highest BCUT2D eigenvalue weighted by Gasteiger charge is 2.28. The highest BCUT2D eigenvalue weighted by molar-refractivity contribution is 5.79. The number of nitrogens with one attached hydrogen (secondary N) is 1. The number of pyridine rings is 1. The third-order valence-corrected chi connectivity index (χ3v) is 4.84. The zero-order chi connectivity index (χ0) is 18.8. The quantitative estimate of drug-likeness (QED) is 0.766. The number of hydrogen-bond donors (Lipinski definition) is 1. The summed E-state index contributed by atoms with van der Waals surface area (Å²) in [6, 6.07) is 9.03. The van der Waals surface area contributed by atoms with E-state index >= 15 is 0 Å². The Hall–Kier alpha value is -3.03. The molecule has 4 rings (SSSR count). The number of rotatable bonds is 4. The maximum atomic E-state index is 13.7. The van der Waals surface area contributed by atoms with Gasteiger partial charge in [0.1, 0.15) is 11.6 Å². The Morgan fingerprint density at radius 1 is 1.22 bits per heavy atom. The van der Waals surface area contributed by atoms with Crippen molar-refractivity contribution < 1.29 is 13.6 Å². The van der Waals surface area contributed by atoms with Crippen molar-refractivity contribution in [2.24, 2.45) is 5.92 Å². The maximum Gasteiger partial charge on any atom is 0.231 e. The average Bonchev–Trinajstić information content (AvgIpc) is 3.11. The molecular formula is C19H19F2N5O. The van der Waals surface area contributed by atoms with Crippen molar-refractivity contribution in [1.82, 2.24) is 19.9 Å². The lowest BCUT2D eigenvalue weighted by atomic mass is 9.97. The van der Waals surface area contributed by atoms with Gasteiger partial charge in [0.15, 0.2) is 5.65 Å². The average molecular weight is 371 g/mol. The molecule has 1 N–H and O–H groups in total. The minimum atomic E-state index is -0.657. The third-order valence-electron chi connectivity index (χ3n) is 4.84. The van der Waals surface area contributed by atoms with Crippen molar-refractivity contribution in [2.75, 3.05) is 18.0 Å². The zero-order valence-corrected chi connectivity index (χ0v) is 14.6. The van der Waals surface area contributed by atoms with Gasteiger partial charge in [0.05, 0.1) is 5.92 Å². The number of hydrogen-bond acceptors (Lipinski definition) is 4. The molecule has 3 aromatic rings. The van der Waals surface area contributed by atoms with E-state index in [1.165, 1.54) is 12.1 Å². The van der Waals surface area contributed by atoms with E-state index < -0.39 is 11.6 Å². The molecule has 1 atom stereocenters. The minimum Gasteiger partial charge on any atom is -0.352 e. The Morgan fingerprint density at radius 3 is 2.96 bits per heavy atom. The Kier molecular flexibility index (Phi) is 4.70. The second-order valence-corrected chi connectivity index (χ2v) is 6.67. The fourth-order valence-electron chi connectivity index (χ4n) is 3.41. The van der Waals surface area contributed by atoms with Gasteiger partial charge < -0.3 is 10.2 Å². The molecule has 1 fully saturated rings. The Labute approximate surface area is 154 Å². The van der Waals surface area contributed by atoms with Gasteiger partial charge in [0.25, 0.3) is 0 Å². The van der Waals surface area contributed by atoms with Crippen molar-refractivity contribution in [3.05, 3.63) is 59.8 Å². The van der Waals surface area contributed by atoms with Crippen LogP contribution in [0.3, 0.4) is 0 Å². The third kappa shape index (κ3) is 3.60. The van der Waals surface area contributed by atoms with Gasteiger partial charge in [0.2, 0.25) is 11.9 Å². The standard InChI is InChI=1S/C19H19F2N5O/c20-15-7-6-13(16(21)10-15)11-22-18(27)14-4-3-8-25(12-14)19-24-23-17-5-1-2-9-26(17)19/h1-2,5-7,9-10,14H,3-4,8,11-12H2,(H,22,27). The summed E-state index contributed by atoms with van der Waals surface area (Å²) in [5.74, 6) is -0.940. The lowest BCUT2D eigenvalue weighted by molar-refractivity contribution is -0.125. The first-order valence-corrected chi connectivity index (χ1v) is 8.88. The molecular weight excluding hydrogens is 352 g/mol. The van der Waals surface area contributed by atoms with Gasteiger partial charge in [-0.05, 0) is 31.0 Å². The van der Waals surface area contributed by atoms with Crippen molar-refractivity contribution in [3.63, 3.8) is 0 Å². The van der Waals surface area contributed by atoms with Crippen LogP contribution >= 0.6 is 0 Å². The molecule has 6 nitrogen and oxygen atoms in total. The summed E-state index contributed by atoms with van der Waals surface area (Å²) in [5, 5.41) is 11.2. The van der Waals surface area contributed by atoms with Crippen LogP contribution in [0.4, 0.5) is 14.7 Å². The fourth-order valence-corrected chi connectivity index (χ4v) is 3.41. The van der Waals surface area contributed by atoms with Crippen LogP contribution < -0.4 is 10.2 Å². The maximum absolute atomic E-state index is 13.7. The molecule has 1 unspecified atom stereocenters. The summed E-state index contributed by atoms with van der Waals surface area (Å²) in [6.07, 6.45) is 3.50. The van der Waals surface area contributed by atoms with E-state index in [1.54, 1.807) is 0 Å². The number of nitrogens with zero attached hydrogens (tertiary/aromatic N) is 4. The van der Waals surface area contributed by atoms with E-state index in [1.807, 2.05) is 33.7 Å². The molecule has 1 amide bonds. The predicted octanol–water partition coefficient (Wildman–Crippen LogP) is 2.54. The van der Waals surface area contributed by atoms with Crippen LogP contribution in [-0.2, 0) is 11.3 Å². The zero-order valence-electron chi connectivity index (χ0n) is 14.6. The Morgan fingerprint density at radius 2 is 2.11 bits per heavy atom. The summed E-state index contributed by atoms with van der Waals surface area (Å²) in [5.41, 5.74) is 1.02. The van der Waals surface area contributed by atoms with Crippen LogP contribution in [0, 0.1) is 17.6 Å². The highest BCUT2D eigenvalue weighted by atomic mass is 19.1. The minimum absolute atomic E-state index is 0.0370. The molecule has 1 aliphatic heterocycles. The van der Waals surface area contributed by atoms with Crippen LogP contribution in [0.15, 0.2) is 42.6 Å². The van der Waals surface area contributed by atoms with Crippen LogP contribution in [0.5, 0.6) is 0 Å². The largest absolute Gasteiger partial charge is 0.352 e. The van der Waals surface area contributed by atoms with E-state index in [2.05, 4.69) is 15.5 Å². The summed E-state index contributed by atoms with van der Waals surface area (Å²) in [7, 11) is 0. The molecule has 1 aliphatic rings. The predicted molar refractivity (Wildman–Crippen MR) is 96.1 cm³/mol. The molecule has 3 heterocycles. The molecule has 0 radical (unpaired) electrons. The fraction of sp³-hybridized carbons (Fsp3) is 0.316. The van der Waals surface area contributed by atoms with Gasteiger partial charge in [-0.15, -0.1) is 10.2 Å². The van der Waals surface area contributed by atoms with Crippen LogP contribution in [0.25, 0.3) is 5.65 Å². The number of piperidine rings is 1. The van der Waals surface area contributed by atoms with Gasteiger partial charge in [-0.25, -0.2) is 8.78 Å². The molecule has 1 aromatic carbocycles. The van der Waals surface area contributed by atoms with Crippen LogP contribution in [-0.4, -0.2) is 33.6 Å². The van der Waals surface area contributed by atoms with Gasteiger partial charge in [-0.2, -0.15) is 0 Å². The molecule has 0 bridgehead atoms. The van der Waals surface area contributed by atoms with Crippen molar-refractivity contribution in [1.29, 1.82) is 0 Å². The van der Waals surface area contributed by atoms with E-state index in [0.29, 0.717) is 12.5 Å². The van der Waals surface area contributed by atoms with E-state index in [-0.39, 0.29) is 23.9 Å². The number of halogens is 2. The summed E-state index contributed by atoms with van der Waals surface area (Å²) in [6.45, 7) is 1.36. The first-order chi connectivity index (χ1) is 13.1. The molecule has 8 heteroatoms. The van der Waals surface area contributed by atoms with Gasteiger partial charge in [0, 0.05) is 37.5 Å². The first kappa shape index (κ1) is 17.4. The summed E-state index contributed by atoms with van der Waals surface area (Å²) >= 11 is 0. The van der Waals surface area contributed by atoms with Crippen molar-refractivity contribution >= 4 is 17.5 Å². The Balaban J connectivity index is 1.42. The topological polar surface area (TPSA) is 62.5 Å². The number of anilines is 1. The number of carbonyl (C=O) groups excluding carboxylic acids is 1.